The highest BCUT2D eigenvalue weighted by Gasteiger charge is 2.40. The van der Waals surface area contributed by atoms with Gasteiger partial charge in [0, 0.05) is 19.0 Å². The van der Waals surface area contributed by atoms with Crippen LogP contribution in [-0.2, 0) is 14.8 Å². The van der Waals surface area contributed by atoms with E-state index in [-0.39, 0.29) is 34.8 Å². The van der Waals surface area contributed by atoms with Crippen LogP contribution >= 0.6 is 0 Å². The fourth-order valence-electron chi connectivity index (χ4n) is 2.61. The molecule has 26 heavy (non-hydrogen) atoms. The topological polar surface area (TPSA) is 127 Å². The smallest absolute Gasteiger partial charge is 0.292 e. The quantitative estimate of drug-likeness (QED) is 0.627. The van der Waals surface area contributed by atoms with Crippen molar-refractivity contribution in [2.75, 3.05) is 11.9 Å². The third kappa shape index (κ3) is 3.02. The van der Waals surface area contributed by atoms with Gasteiger partial charge in [0.1, 0.15) is 10.6 Å². The molecule has 0 atom stereocenters. The van der Waals surface area contributed by atoms with Gasteiger partial charge in [-0.1, -0.05) is 24.3 Å². The van der Waals surface area contributed by atoms with Gasteiger partial charge in [0.15, 0.2) is 0 Å². The molecule has 1 aliphatic rings. The zero-order chi connectivity index (χ0) is 18.9. The number of anilines is 1. The number of nitrogens with zero attached hydrogens (tertiary/aromatic N) is 2. The van der Waals surface area contributed by atoms with Crippen molar-refractivity contribution >= 4 is 33.2 Å². The summed E-state index contributed by atoms with van der Waals surface area (Å²) in [6.45, 7) is -0.359. The number of carbonyl (C=O) groups is 2. The van der Waals surface area contributed by atoms with Crippen molar-refractivity contribution in [3.05, 3.63) is 64.2 Å². The van der Waals surface area contributed by atoms with Crippen molar-refractivity contribution in [1.82, 2.24) is 4.31 Å². The van der Waals surface area contributed by atoms with Crippen LogP contribution in [0.1, 0.15) is 16.8 Å². The minimum Gasteiger partial charge on any atom is -0.320 e. The molecule has 0 saturated carbocycles. The number of benzene rings is 2. The van der Waals surface area contributed by atoms with E-state index in [4.69, 9.17) is 0 Å². The molecule has 1 heterocycles. The number of fused-ring (bicyclic) bond motifs is 1. The lowest BCUT2D eigenvalue weighted by atomic mass is 10.2. The normalized spacial score (nSPS) is 14.8. The first-order chi connectivity index (χ1) is 12.3. The Bertz CT molecular complexity index is 1020. The van der Waals surface area contributed by atoms with Crippen LogP contribution in [0, 0.1) is 10.1 Å². The molecule has 0 radical (unpaired) electrons. The first-order valence-electron chi connectivity index (χ1n) is 7.52. The first kappa shape index (κ1) is 17.5. The highest BCUT2D eigenvalue weighted by atomic mass is 32.2. The number of amides is 2. The van der Waals surface area contributed by atoms with Gasteiger partial charge in [0.25, 0.3) is 21.6 Å². The molecule has 134 valence electrons. The van der Waals surface area contributed by atoms with Gasteiger partial charge >= 0.3 is 0 Å². The lowest BCUT2D eigenvalue weighted by molar-refractivity contribution is -0.383. The molecule has 10 heteroatoms. The maximum atomic E-state index is 12.4. The summed E-state index contributed by atoms with van der Waals surface area (Å²) in [4.78, 5) is 34.5. The van der Waals surface area contributed by atoms with Gasteiger partial charge < -0.3 is 5.32 Å². The Morgan fingerprint density at radius 3 is 2.46 bits per heavy atom. The van der Waals surface area contributed by atoms with E-state index in [2.05, 4.69) is 5.32 Å². The van der Waals surface area contributed by atoms with E-state index >= 15 is 0 Å². The van der Waals surface area contributed by atoms with Crippen LogP contribution in [0.3, 0.4) is 0 Å². The molecule has 0 aromatic heterocycles. The summed E-state index contributed by atoms with van der Waals surface area (Å²) in [5.41, 5.74) is -0.217. The molecule has 3 rings (SSSR count). The third-order valence-electron chi connectivity index (χ3n) is 3.83. The van der Waals surface area contributed by atoms with Crippen LogP contribution in [0.2, 0.25) is 0 Å². The van der Waals surface area contributed by atoms with Crippen LogP contribution in [0.15, 0.2) is 53.4 Å². The number of hydrogen-bond acceptors (Lipinski definition) is 6. The molecule has 9 nitrogen and oxygen atoms in total. The summed E-state index contributed by atoms with van der Waals surface area (Å²) in [7, 11) is -3.99. The zero-order valence-corrected chi connectivity index (χ0v) is 14.1. The van der Waals surface area contributed by atoms with Crippen LogP contribution in [-0.4, -0.2) is 36.0 Å². The van der Waals surface area contributed by atoms with E-state index in [1.165, 1.54) is 42.5 Å². The van der Waals surface area contributed by atoms with Crippen molar-refractivity contribution in [2.24, 2.45) is 0 Å². The first-order valence-corrected chi connectivity index (χ1v) is 8.96. The maximum absolute atomic E-state index is 12.4. The van der Waals surface area contributed by atoms with Gasteiger partial charge in [-0.15, -0.1) is 0 Å². The lowest BCUT2D eigenvalue weighted by Crippen LogP contribution is -2.33. The van der Waals surface area contributed by atoms with Gasteiger partial charge in [-0.3, -0.25) is 19.7 Å². The Kier molecular flexibility index (Phi) is 4.43. The highest BCUT2D eigenvalue weighted by molar-refractivity contribution is 7.90. The molecule has 0 bridgehead atoms. The fourth-order valence-corrected chi connectivity index (χ4v) is 4.18. The van der Waals surface area contributed by atoms with Gasteiger partial charge in [-0.05, 0) is 18.2 Å². The molecule has 0 unspecified atom stereocenters. The Morgan fingerprint density at radius 2 is 1.77 bits per heavy atom. The molecule has 1 aliphatic heterocycles. The standard InChI is InChI=1S/C16H13N3O6S/c20-15(17-12-6-2-3-7-13(12)19(22)23)9-10-18-16(21)11-5-1-4-8-14(11)26(18,24)25/h1-8H,9-10H2,(H,17,20). The summed E-state index contributed by atoms with van der Waals surface area (Å²) in [6.07, 6.45) is -0.328. The van der Waals surface area contributed by atoms with Crippen molar-refractivity contribution in [2.45, 2.75) is 11.3 Å². The molecule has 0 fully saturated rings. The Hall–Kier alpha value is -3.27. The fraction of sp³-hybridized carbons (Fsp3) is 0.125. The van der Waals surface area contributed by atoms with E-state index in [0.717, 1.165) is 0 Å². The van der Waals surface area contributed by atoms with E-state index in [9.17, 15) is 28.1 Å². The number of para-hydroxylation sites is 2. The van der Waals surface area contributed by atoms with Gasteiger partial charge in [0.2, 0.25) is 5.91 Å². The van der Waals surface area contributed by atoms with Crippen molar-refractivity contribution in [1.29, 1.82) is 0 Å². The molecular formula is C16H13N3O6S. The Labute approximate surface area is 148 Å². The average molecular weight is 375 g/mol. The van der Waals surface area contributed by atoms with Crippen LogP contribution in [0.4, 0.5) is 11.4 Å². The Morgan fingerprint density at radius 1 is 1.12 bits per heavy atom. The molecule has 2 aromatic carbocycles. The molecule has 2 aromatic rings. The van der Waals surface area contributed by atoms with E-state index in [1.54, 1.807) is 6.07 Å². The number of nitrogens with one attached hydrogen (secondary N) is 1. The second-order valence-corrected chi connectivity index (χ2v) is 7.28. The van der Waals surface area contributed by atoms with E-state index < -0.39 is 26.8 Å². The van der Waals surface area contributed by atoms with Crippen molar-refractivity contribution in [3.63, 3.8) is 0 Å². The molecule has 1 N–H and O–H groups in total. The number of nitro groups is 1. The predicted octanol–water partition coefficient (Wildman–Crippen LogP) is 1.77. The summed E-state index contributed by atoms with van der Waals surface area (Å²) < 4.78 is 25.4. The van der Waals surface area contributed by atoms with Gasteiger partial charge in [-0.2, -0.15) is 0 Å². The second kappa shape index (κ2) is 6.56. The minimum atomic E-state index is -3.99. The summed E-state index contributed by atoms with van der Waals surface area (Å²) in [5.74, 6) is -1.34. The lowest BCUT2D eigenvalue weighted by Gasteiger charge is -2.14. The number of hydrogen-bond donors (Lipinski definition) is 1. The Balaban J connectivity index is 1.72. The monoisotopic (exact) mass is 375 g/mol. The number of carbonyl (C=O) groups excluding carboxylic acids is 2. The summed E-state index contributed by atoms with van der Waals surface area (Å²) >= 11 is 0. The van der Waals surface area contributed by atoms with Crippen molar-refractivity contribution < 1.29 is 22.9 Å². The van der Waals surface area contributed by atoms with Crippen LogP contribution < -0.4 is 5.32 Å². The molecule has 0 spiro atoms. The van der Waals surface area contributed by atoms with Gasteiger partial charge in [0.05, 0.1) is 10.5 Å². The largest absolute Gasteiger partial charge is 0.320 e. The summed E-state index contributed by atoms with van der Waals surface area (Å²) in [6, 6.07) is 11.4. The molecule has 0 saturated heterocycles. The number of rotatable bonds is 5. The highest BCUT2D eigenvalue weighted by Crippen LogP contribution is 2.30. The van der Waals surface area contributed by atoms with E-state index in [1.807, 2.05) is 0 Å². The van der Waals surface area contributed by atoms with Crippen LogP contribution in [0.5, 0.6) is 0 Å². The second-order valence-electron chi connectivity index (χ2n) is 5.45. The maximum Gasteiger partial charge on any atom is 0.292 e. The minimum absolute atomic E-state index is 0.00129. The molecule has 0 aliphatic carbocycles. The number of sulfonamides is 1. The zero-order valence-electron chi connectivity index (χ0n) is 13.3. The predicted molar refractivity (Wildman–Crippen MR) is 91.0 cm³/mol. The number of nitro benzene ring substituents is 1. The summed E-state index contributed by atoms with van der Waals surface area (Å²) in [5, 5.41) is 13.3. The SMILES string of the molecule is O=C(CCN1C(=O)c2ccccc2S1(=O)=O)Nc1ccccc1[N+](=O)[O-]. The van der Waals surface area contributed by atoms with Crippen LogP contribution in [0.25, 0.3) is 0 Å². The molecular weight excluding hydrogens is 362 g/mol. The third-order valence-corrected chi connectivity index (χ3v) is 5.67. The average Bonchev–Trinajstić information content (AvgIpc) is 2.80. The van der Waals surface area contributed by atoms with E-state index in [0.29, 0.717) is 4.31 Å². The molecule has 2 amide bonds. The van der Waals surface area contributed by atoms with Gasteiger partial charge in [-0.25, -0.2) is 12.7 Å². The van der Waals surface area contributed by atoms with Crippen molar-refractivity contribution in [3.8, 4) is 0 Å².